The van der Waals surface area contributed by atoms with Gasteiger partial charge in [0.1, 0.15) is 11.6 Å². The van der Waals surface area contributed by atoms with Gasteiger partial charge in [0, 0.05) is 32.7 Å². The molecule has 1 aromatic heterocycles. The Morgan fingerprint density at radius 2 is 2.04 bits per heavy atom. The summed E-state index contributed by atoms with van der Waals surface area (Å²) in [4.78, 5) is 21.7. The quantitative estimate of drug-likeness (QED) is 0.911. The van der Waals surface area contributed by atoms with Crippen molar-refractivity contribution >= 4 is 22.8 Å². The van der Waals surface area contributed by atoms with Crippen LogP contribution >= 0.6 is 0 Å². The van der Waals surface area contributed by atoms with Crippen molar-refractivity contribution in [1.82, 2.24) is 19.8 Å². The minimum Gasteiger partial charge on any atom is -0.367 e. The minimum absolute atomic E-state index is 0.128. The summed E-state index contributed by atoms with van der Waals surface area (Å²) in [6, 6.07) is 7.57. The topological polar surface area (TPSA) is 77.2 Å². The average molecular weight is 354 g/mol. The highest BCUT2D eigenvalue weighted by atomic mass is 16.2. The number of hydrogen-bond donors (Lipinski definition) is 1. The molecule has 2 aromatic rings. The Labute approximate surface area is 154 Å². The van der Waals surface area contributed by atoms with E-state index in [1.54, 1.807) is 0 Å². The summed E-state index contributed by atoms with van der Waals surface area (Å²) < 4.78 is 1.40. The Kier molecular flexibility index (Phi) is 5.43. The lowest BCUT2D eigenvalue weighted by atomic mass is 10.1. The molecular formula is C19H26N6O. The number of nitrogens with zero attached hydrogens (tertiary/aromatic N) is 5. The van der Waals surface area contributed by atoms with Gasteiger partial charge in [0.2, 0.25) is 5.82 Å². The van der Waals surface area contributed by atoms with E-state index in [0.717, 1.165) is 38.3 Å². The fourth-order valence-electron chi connectivity index (χ4n) is 3.21. The number of nitriles is 1. The second kappa shape index (κ2) is 7.75. The van der Waals surface area contributed by atoms with Crippen LogP contribution in [0, 0.1) is 17.2 Å². The molecule has 1 saturated heterocycles. The highest BCUT2D eigenvalue weighted by molar-refractivity contribution is 5.96. The number of benzene rings is 1. The maximum absolute atomic E-state index is 12.7. The van der Waals surface area contributed by atoms with Crippen molar-refractivity contribution in [3.8, 4) is 6.07 Å². The molecule has 1 amide bonds. The van der Waals surface area contributed by atoms with Gasteiger partial charge in [-0.1, -0.05) is 19.9 Å². The normalized spacial score (nSPS) is 15.4. The van der Waals surface area contributed by atoms with E-state index in [2.05, 4.69) is 47.1 Å². The number of nitrogens with one attached hydrogen (secondary N) is 1. The van der Waals surface area contributed by atoms with E-state index >= 15 is 0 Å². The van der Waals surface area contributed by atoms with Crippen LogP contribution in [0.15, 0.2) is 18.2 Å². The molecule has 7 nitrogen and oxygen atoms in total. The SMILES string of the molecule is CC(C)CCNC(=O)n1c(C#N)nc2c(N3CCN(C)CC3)cccc21. The first-order chi connectivity index (χ1) is 12.5. The fourth-order valence-corrected chi connectivity index (χ4v) is 3.21. The monoisotopic (exact) mass is 354 g/mol. The molecule has 1 N–H and O–H groups in total. The zero-order chi connectivity index (χ0) is 18.7. The minimum atomic E-state index is -0.291. The number of carbonyl (C=O) groups is 1. The van der Waals surface area contributed by atoms with E-state index in [-0.39, 0.29) is 11.9 Å². The molecule has 0 aliphatic carbocycles. The van der Waals surface area contributed by atoms with E-state index in [1.807, 2.05) is 18.2 Å². The Morgan fingerprint density at radius 3 is 2.69 bits per heavy atom. The van der Waals surface area contributed by atoms with Crippen molar-refractivity contribution in [2.75, 3.05) is 44.7 Å². The van der Waals surface area contributed by atoms with Gasteiger partial charge in [-0.25, -0.2) is 14.3 Å². The van der Waals surface area contributed by atoms with Crippen molar-refractivity contribution in [2.24, 2.45) is 5.92 Å². The predicted octanol–water partition coefficient (Wildman–Crippen LogP) is 2.26. The molecule has 0 atom stereocenters. The summed E-state index contributed by atoms with van der Waals surface area (Å²) in [7, 11) is 2.11. The highest BCUT2D eigenvalue weighted by Crippen LogP contribution is 2.28. The second-order valence-corrected chi connectivity index (χ2v) is 7.23. The third kappa shape index (κ3) is 3.65. The number of piperazine rings is 1. The Bertz CT molecular complexity index is 826. The molecule has 1 fully saturated rings. The first-order valence-electron chi connectivity index (χ1n) is 9.14. The van der Waals surface area contributed by atoms with Gasteiger partial charge in [0.25, 0.3) is 0 Å². The molecule has 0 radical (unpaired) electrons. The van der Waals surface area contributed by atoms with E-state index < -0.39 is 0 Å². The molecule has 138 valence electrons. The summed E-state index contributed by atoms with van der Waals surface area (Å²) in [5, 5.41) is 12.4. The lowest BCUT2D eigenvalue weighted by Crippen LogP contribution is -2.44. The summed E-state index contributed by atoms with van der Waals surface area (Å²) in [6.45, 7) is 8.59. The number of hydrogen-bond acceptors (Lipinski definition) is 5. The number of aromatic nitrogens is 2. The number of amides is 1. The molecular weight excluding hydrogens is 328 g/mol. The van der Waals surface area contributed by atoms with Gasteiger partial charge in [-0.3, -0.25) is 0 Å². The van der Waals surface area contributed by atoms with Crippen molar-refractivity contribution in [3.63, 3.8) is 0 Å². The number of anilines is 1. The number of imidazole rings is 1. The van der Waals surface area contributed by atoms with Crippen molar-refractivity contribution in [2.45, 2.75) is 20.3 Å². The van der Waals surface area contributed by atoms with Crippen molar-refractivity contribution in [3.05, 3.63) is 24.0 Å². The summed E-state index contributed by atoms with van der Waals surface area (Å²) >= 11 is 0. The summed E-state index contributed by atoms with van der Waals surface area (Å²) in [5.74, 6) is 0.637. The van der Waals surface area contributed by atoms with Crippen LogP contribution < -0.4 is 10.2 Å². The lowest BCUT2D eigenvalue weighted by molar-refractivity contribution is 0.242. The molecule has 0 spiro atoms. The number of rotatable bonds is 4. The number of likely N-dealkylation sites (N-methyl/N-ethyl adjacent to an activating group) is 1. The Hall–Kier alpha value is -2.59. The van der Waals surface area contributed by atoms with Gasteiger partial charge >= 0.3 is 6.03 Å². The summed E-state index contributed by atoms with van der Waals surface area (Å²) in [6.07, 6.45) is 0.896. The van der Waals surface area contributed by atoms with Crippen molar-refractivity contribution < 1.29 is 4.79 Å². The molecule has 7 heteroatoms. The summed E-state index contributed by atoms with van der Waals surface area (Å²) in [5.41, 5.74) is 2.38. The van der Waals surface area contributed by atoms with E-state index in [9.17, 15) is 10.1 Å². The smallest absolute Gasteiger partial charge is 0.328 e. The van der Waals surface area contributed by atoms with Crippen LogP contribution in [-0.4, -0.2) is 60.3 Å². The zero-order valence-electron chi connectivity index (χ0n) is 15.7. The van der Waals surface area contributed by atoms with Crippen LogP contribution in [-0.2, 0) is 0 Å². The maximum atomic E-state index is 12.7. The predicted molar refractivity (Wildman–Crippen MR) is 102 cm³/mol. The van der Waals surface area contributed by atoms with E-state index in [4.69, 9.17) is 0 Å². The highest BCUT2D eigenvalue weighted by Gasteiger charge is 2.22. The van der Waals surface area contributed by atoms with Gasteiger partial charge in [-0.15, -0.1) is 0 Å². The number of para-hydroxylation sites is 1. The molecule has 0 saturated carbocycles. The molecule has 26 heavy (non-hydrogen) atoms. The Balaban J connectivity index is 1.93. The first kappa shape index (κ1) is 18.2. The standard InChI is InChI=1S/C19H26N6O/c1-14(2)7-8-21-19(26)25-16-6-4-5-15(18(16)22-17(25)13-20)24-11-9-23(3)10-12-24/h4-6,14H,7-12H2,1-3H3,(H,21,26). The van der Waals surface area contributed by atoms with E-state index in [0.29, 0.717) is 23.5 Å². The number of carbonyl (C=O) groups excluding carboxylic acids is 1. The third-order valence-corrected chi connectivity index (χ3v) is 4.81. The zero-order valence-corrected chi connectivity index (χ0v) is 15.7. The first-order valence-corrected chi connectivity index (χ1v) is 9.14. The maximum Gasteiger partial charge on any atom is 0.328 e. The molecule has 1 aromatic carbocycles. The molecule has 1 aliphatic heterocycles. The van der Waals surface area contributed by atoms with Crippen molar-refractivity contribution in [1.29, 1.82) is 5.26 Å². The Morgan fingerprint density at radius 1 is 1.31 bits per heavy atom. The fraction of sp³-hybridized carbons (Fsp3) is 0.526. The lowest BCUT2D eigenvalue weighted by Gasteiger charge is -2.34. The van der Waals surface area contributed by atoms with Gasteiger partial charge in [-0.05, 0) is 31.5 Å². The largest absolute Gasteiger partial charge is 0.367 e. The van der Waals surface area contributed by atoms with Gasteiger partial charge in [-0.2, -0.15) is 5.26 Å². The van der Waals surface area contributed by atoms with Crippen LogP contribution in [0.1, 0.15) is 26.1 Å². The van der Waals surface area contributed by atoms with Crippen LogP contribution in [0.4, 0.5) is 10.5 Å². The van der Waals surface area contributed by atoms with Gasteiger partial charge < -0.3 is 15.1 Å². The number of fused-ring (bicyclic) bond motifs is 1. The average Bonchev–Trinajstić information content (AvgIpc) is 3.00. The van der Waals surface area contributed by atoms with Gasteiger partial charge in [0.05, 0.1) is 11.2 Å². The van der Waals surface area contributed by atoms with Crippen LogP contribution in [0.3, 0.4) is 0 Å². The van der Waals surface area contributed by atoms with Crippen LogP contribution in [0.2, 0.25) is 0 Å². The van der Waals surface area contributed by atoms with Crippen LogP contribution in [0.25, 0.3) is 11.0 Å². The second-order valence-electron chi connectivity index (χ2n) is 7.23. The molecule has 1 aliphatic rings. The molecule has 0 bridgehead atoms. The molecule has 2 heterocycles. The molecule has 3 rings (SSSR count). The van der Waals surface area contributed by atoms with Gasteiger partial charge in [0.15, 0.2) is 0 Å². The molecule has 0 unspecified atom stereocenters. The van der Waals surface area contributed by atoms with Crippen LogP contribution in [0.5, 0.6) is 0 Å². The third-order valence-electron chi connectivity index (χ3n) is 4.81. The van der Waals surface area contributed by atoms with E-state index in [1.165, 1.54) is 4.57 Å².